The third-order valence-electron chi connectivity index (χ3n) is 3.06. The van der Waals surface area contributed by atoms with E-state index in [4.69, 9.17) is 10.5 Å². The number of aromatic nitrogens is 4. The summed E-state index contributed by atoms with van der Waals surface area (Å²) in [6, 6.07) is 2.45. The predicted octanol–water partition coefficient (Wildman–Crippen LogP) is 1.20. The Balaban J connectivity index is 2.24. The highest BCUT2D eigenvalue weighted by molar-refractivity contribution is 5.92. The Morgan fingerprint density at radius 1 is 1.22 bits per heavy atom. The Labute approximate surface area is 128 Å². The molecule has 9 nitrogen and oxygen atoms in total. The second-order valence-electron chi connectivity index (χ2n) is 4.39. The molecule has 2 aromatic heterocycles. The summed E-state index contributed by atoms with van der Waals surface area (Å²) < 4.78 is 28.4. The number of rotatable bonds is 3. The number of nitrogens with two attached hydrogens (primary N) is 1. The first-order valence-corrected chi connectivity index (χ1v) is 6.27. The van der Waals surface area contributed by atoms with E-state index in [1.54, 1.807) is 0 Å². The summed E-state index contributed by atoms with van der Waals surface area (Å²) >= 11 is 0. The number of halogens is 1. The molecule has 0 saturated carbocycles. The third-order valence-corrected chi connectivity index (χ3v) is 3.06. The molecule has 0 spiro atoms. The van der Waals surface area contributed by atoms with Crippen molar-refractivity contribution in [1.29, 1.82) is 0 Å². The molecule has 0 amide bonds. The molecule has 0 aliphatic carbocycles. The summed E-state index contributed by atoms with van der Waals surface area (Å²) in [6.45, 7) is 0. The van der Waals surface area contributed by atoms with E-state index in [-0.39, 0.29) is 34.2 Å². The van der Waals surface area contributed by atoms with Crippen molar-refractivity contribution in [1.82, 2.24) is 20.3 Å². The number of hydrogen-bond acceptors (Lipinski definition) is 9. The number of methoxy groups -OCH3 is 2. The Bertz CT molecular complexity index is 911. The van der Waals surface area contributed by atoms with Gasteiger partial charge in [0.05, 0.1) is 19.8 Å². The van der Waals surface area contributed by atoms with Crippen molar-refractivity contribution in [3.8, 4) is 17.1 Å². The fraction of sp³-hybridized carbons (Fsp3) is 0.154. The highest BCUT2D eigenvalue weighted by atomic mass is 19.1. The van der Waals surface area contributed by atoms with Crippen molar-refractivity contribution in [3.05, 3.63) is 23.6 Å². The molecule has 2 N–H and O–H groups in total. The second-order valence-corrected chi connectivity index (χ2v) is 4.39. The molecule has 0 aliphatic heterocycles. The van der Waals surface area contributed by atoms with Crippen molar-refractivity contribution >= 4 is 22.8 Å². The highest BCUT2D eigenvalue weighted by Gasteiger charge is 2.22. The summed E-state index contributed by atoms with van der Waals surface area (Å²) in [5.74, 6) is -1.76. The summed E-state index contributed by atoms with van der Waals surface area (Å²) in [7, 11) is 2.47. The maximum absolute atomic E-state index is 14.2. The normalized spacial score (nSPS) is 10.7. The Morgan fingerprint density at radius 2 is 1.91 bits per heavy atom. The number of nitrogen functional groups attached to an aromatic ring is 1. The third kappa shape index (κ3) is 2.39. The lowest BCUT2D eigenvalue weighted by molar-refractivity contribution is 0.0590. The lowest BCUT2D eigenvalue weighted by Gasteiger charge is -2.10. The molecular weight excluding hydrogens is 309 g/mol. The van der Waals surface area contributed by atoms with Crippen molar-refractivity contribution in [2.45, 2.75) is 0 Å². The van der Waals surface area contributed by atoms with Crippen LogP contribution in [0.25, 0.3) is 22.4 Å². The monoisotopic (exact) mass is 319 g/mol. The molecule has 118 valence electrons. The standard InChI is InChI=1S/C13H10FN5O4/c1-21-10-9(13(20)22-2)16-12(17-11(10)15)5-3-7-8(4-6(5)14)19-23-18-7/h3-4H,1-2H3,(H2,15,16,17). The molecule has 2 heterocycles. The quantitative estimate of drug-likeness (QED) is 0.708. The number of nitrogens with zero attached hydrogens (tertiary/aromatic N) is 4. The van der Waals surface area contributed by atoms with E-state index in [0.29, 0.717) is 5.52 Å². The lowest BCUT2D eigenvalue weighted by Crippen LogP contribution is -2.12. The zero-order valence-electron chi connectivity index (χ0n) is 12.0. The molecule has 23 heavy (non-hydrogen) atoms. The molecule has 0 saturated heterocycles. The number of anilines is 1. The summed E-state index contributed by atoms with van der Waals surface area (Å²) in [5, 5.41) is 7.15. The SMILES string of the molecule is COC(=O)c1nc(-c2cc3nonc3cc2F)nc(N)c1OC. The highest BCUT2D eigenvalue weighted by Crippen LogP contribution is 2.30. The van der Waals surface area contributed by atoms with Crippen LogP contribution in [0.2, 0.25) is 0 Å². The minimum atomic E-state index is -0.790. The zero-order chi connectivity index (χ0) is 16.6. The van der Waals surface area contributed by atoms with Crippen LogP contribution in [0.4, 0.5) is 10.2 Å². The Kier molecular flexibility index (Phi) is 3.48. The van der Waals surface area contributed by atoms with Gasteiger partial charge in [0, 0.05) is 6.07 Å². The van der Waals surface area contributed by atoms with Gasteiger partial charge in [-0.1, -0.05) is 0 Å². The summed E-state index contributed by atoms with van der Waals surface area (Å²) in [4.78, 5) is 19.8. The van der Waals surface area contributed by atoms with Gasteiger partial charge in [-0.05, 0) is 16.4 Å². The maximum Gasteiger partial charge on any atom is 0.360 e. The van der Waals surface area contributed by atoms with Crippen molar-refractivity contribution in [2.24, 2.45) is 0 Å². The van der Waals surface area contributed by atoms with Gasteiger partial charge in [0.15, 0.2) is 23.1 Å². The van der Waals surface area contributed by atoms with Crippen LogP contribution in [-0.4, -0.2) is 40.5 Å². The number of carbonyl (C=O) groups excluding carboxylic acids is 1. The van der Waals surface area contributed by atoms with Gasteiger partial charge in [0.1, 0.15) is 16.9 Å². The van der Waals surface area contributed by atoms with Gasteiger partial charge in [0.25, 0.3) is 0 Å². The first kappa shape index (κ1) is 14.6. The lowest BCUT2D eigenvalue weighted by atomic mass is 10.1. The van der Waals surface area contributed by atoms with Crippen LogP contribution in [0, 0.1) is 5.82 Å². The summed E-state index contributed by atoms with van der Waals surface area (Å²) in [6.07, 6.45) is 0. The first-order chi connectivity index (χ1) is 11.0. The molecule has 0 aliphatic rings. The van der Waals surface area contributed by atoms with Crippen LogP contribution in [0.3, 0.4) is 0 Å². The van der Waals surface area contributed by atoms with Crippen molar-refractivity contribution < 1.29 is 23.3 Å². The topological polar surface area (TPSA) is 126 Å². The number of fused-ring (bicyclic) bond motifs is 1. The van der Waals surface area contributed by atoms with Gasteiger partial charge < -0.3 is 15.2 Å². The van der Waals surface area contributed by atoms with Crippen LogP contribution in [-0.2, 0) is 4.74 Å². The zero-order valence-corrected chi connectivity index (χ0v) is 12.0. The van der Waals surface area contributed by atoms with Crippen LogP contribution < -0.4 is 10.5 Å². The largest absolute Gasteiger partial charge is 0.491 e. The number of hydrogen-bond donors (Lipinski definition) is 1. The smallest absolute Gasteiger partial charge is 0.360 e. The number of esters is 1. The van der Waals surface area contributed by atoms with E-state index in [2.05, 4.69) is 29.6 Å². The van der Waals surface area contributed by atoms with Crippen LogP contribution in [0.1, 0.15) is 10.5 Å². The van der Waals surface area contributed by atoms with E-state index >= 15 is 0 Å². The van der Waals surface area contributed by atoms with Gasteiger partial charge in [-0.2, -0.15) is 0 Å². The molecule has 1 aromatic carbocycles. The number of carbonyl (C=O) groups is 1. The molecule has 10 heteroatoms. The predicted molar refractivity (Wildman–Crippen MR) is 75.1 cm³/mol. The minimum Gasteiger partial charge on any atom is -0.491 e. The van der Waals surface area contributed by atoms with Crippen molar-refractivity contribution in [3.63, 3.8) is 0 Å². The fourth-order valence-corrected chi connectivity index (χ4v) is 2.00. The van der Waals surface area contributed by atoms with E-state index in [0.717, 1.165) is 6.07 Å². The molecule has 0 bridgehead atoms. The molecule has 0 atom stereocenters. The maximum atomic E-state index is 14.2. The first-order valence-electron chi connectivity index (χ1n) is 6.27. The molecular formula is C13H10FN5O4. The Hall–Kier alpha value is -3.30. The van der Waals surface area contributed by atoms with Gasteiger partial charge in [0.2, 0.25) is 0 Å². The average molecular weight is 319 g/mol. The molecule has 3 aromatic rings. The van der Waals surface area contributed by atoms with Crippen molar-refractivity contribution in [2.75, 3.05) is 20.0 Å². The fourth-order valence-electron chi connectivity index (χ4n) is 2.00. The Morgan fingerprint density at radius 3 is 2.57 bits per heavy atom. The minimum absolute atomic E-state index is 0.0206. The molecule has 0 unspecified atom stereocenters. The van der Waals surface area contributed by atoms with Crippen LogP contribution in [0.15, 0.2) is 16.8 Å². The van der Waals surface area contributed by atoms with Gasteiger partial charge in [-0.15, -0.1) is 0 Å². The summed E-state index contributed by atoms with van der Waals surface area (Å²) in [5.41, 5.74) is 6.06. The van der Waals surface area contributed by atoms with E-state index in [9.17, 15) is 9.18 Å². The van der Waals surface area contributed by atoms with Crippen LogP contribution in [0.5, 0.6) is 5.75 Å². The van der Waals surface area contributed by atoms with E-state index in [1.807, 2.05) is 0 Å². The van der Waals surface area contributed by atoms with Crippen LogP contribution >= 0.6 is 0 Å². The second kappa shape index (κ2) is 5.48. The molecule has 0 fully saturated rings. The van der Waals surface area contributed by atoms with Gasteiger partial charge in [-0.25, -0.2) is 23.8 Å². The average Bonchev–Trinajstić information content (AvgIpc) is 2.99. The van der Waals surface area contributed by atoms with Gasteiger partial charge >= 0.3 is 5.97 Å². The number of benzene rings is 1. The van der Waals surface area contributed by atoms with E-state index < -0.39 is 11.8 Å². The van der Waals surface area contributed by atoms with Gasteiger partial charge in [-0.3, -0.25) is 0 Å². The van der Waals surface area contributed by atoms with E-state index in [1.165, 1.54) is 20.3 Å². The number of ether oxygens (including phenoxy) is 2. The molecule has 3 rings (SSSR count). The molecule has 0 radical (unpaired) electrons.